The van der Waals surface area contributed by atoms with E-state index in [1.54, 1.807) is 0 Å². The van der Waals surface area contributed by atoms with E-state index < -0.39 is 117 Å². The van der Waals surface area contributed by atoms with Crippen LogP contribution in [0.1, 0.15) is 55.1 Å². The number of methoxy groups -OCH3 is 2. The van der Waals surface area contributed by atoms with Crippen molar-refractivity contribution in [1.29, 1.82) is 0 Å². The van der Waals surface area contributed by atoms with Crippen LogP contribution in [-0.4, -0.2) is 31.8 Å². The van der Waals surface area contributed by atoms with Crippen molar-refractivity contribution in [2.75, 3.05) is 20.6 Å². The minimum absolute atomic E-state index is 0.114. The van der Waals surface area contributed by atoms with Gasteiger partial charge in [-0.2, -0.15) is 0 Å². The molecule has 4 nitrogen and oxygen atoms in total. The summed E-state index contributed by atoms with van der Waals surface area (Å²) in [4.78, 5) is 0. The van der Waals surface area contributed by atoms with Crippen molar-refractivity contribution in [2.24, 2.45) is 0 Å². The molecule has 2 rings (SSSR count). The molecule has 0 saturated heterocycles. The summed E-state index contributed by atoms with van der Waals surface area (Å²) in [6, 6.07) is -5.80. The van der Waals surface area contributed by atoms with Crippen LogP contribution < -0.4 is 14.2 Å². The Kier molecular flexibility index (Phi) is 2.47. The summed E-state index contributed by atoms with van der Waals surface area (Å²) in [5, 5.41) is 10.6. The summed E-state index contributed by atoms with van der Waals surface area (Å²) in [6.45, 7) is -2.07. The van der Waals surface area contributed by atoms with Crippen LogP contribution in [0.15, 0.2) is 42.3 Å². The van der Waals surface area contributed by atoms with E-state index >= 15 is 0 Å². The predicted octanol–water partition coefficient (Wildman–Crippen LogP) is 4.16. The third-order valence-electron chi connectivity index (χ3n) is 2.84. The Morgan fingerprint density at radius 3 is 2.84 bits per heavy atom. The van der Waals surface area contributed by atoms with Crippen molar-refractivity contribution >= 4 is 0 Å². The highest BCUT2D eigenvalue weighted by Crippen LogP contribution is 2.28. The first-order valence-electron chi connectivity index (χ1n) is 16.2. The molecule has 0 radical (unpaired) electrons. The normalized spacial score (nSPS) is 25.7. The molecule has 136 valence electrons. The molecule has 0 amide bonds. The molecule has 1 atom stereocenters. The molecule has 0 aliphatic rings. The second-order valence-electron chi connectivity index (χ2n) is 4.75. The van der Waals surface area contributed by atoms with Gasteiger partial charge in [0.25, 0.3) is 0 Å². The van der Waals surface area contributed by atoms with Gasteiger partial charge in [-0.15, -0.1) is 0 Å². The average molecular weight is 363 g/mol. The quantitative estimate of drug-likeness (QED) is 0.689. The second-order valence-corrected chi connectivity index (χ2v) is 4.75. The zero-order chi connectivity index (χ0) is 33.7. The molecule has 0 aliphatic heterocycles. The fraction of sp³-hybridized carbons (Fsp3) is 0.429. The molecular weight excluding hydrogens is 316 g/mol. The third-order valence-corrected chi connectivity index (χ3v) is 2.84. The molecule has 0 spiro atoms. The molecule has 4 heteroatoms. The first kappa shape index (κ1) is 6.20. The van der Waals surface area contributed by atoms with Crippen molar-refractivity contribution in [3.8, 4) is 17.2 Å². The molecule has 0 saturated carbocycles. The largest absolute Gasteiger partial charge is 0.493 e. The van der Waals surface area contributed by atoms with Gasteiger partial charge in [-0.05, 0) is 61.4 Å². The van der Waals surface area contributed by atoms with E-state index in [2.05, 4.69) is 9.47 Å². The van der Waals surface area contributed by atoms with Gasteiger partial charge in [-0.3, -0.25) is 0 Å². The standard InChI is InChI=1S/C21H28O4/c1-16-7-6-10-19(13-16)25-15-18(22)9-5-4-8-17-11-12-20(23-2)21(14-17)24-3/h6-7,10-14,18,22H,4-5,8-9,15H2,1-3H3/i2D3,3D3,6D,7D,8D2,10D,11D,12D,13D,14D,15D2,18D. The Hall–Kier alpha value is -2.20. The summed E-state index contributed by atoms with van der Waals surface area (Å²) in [7, 11) is -6.55. The summed E-state index contributed by atoms with van der Waals surface area (Å²) in [5.74, 6) is -3.02. The number of ether oxygens (including phenoxy) is 3. The van der Waals surface area contributed by atoms with Crippen LogP contribution in [0.2, 0.25) is 0 Å². The highest BCUT2D eigenvalue weighted by atomic mass is 16.5. The highest BCUT2D eigenvalue weighted by molar-refractivity contribution is 5.42. The predicted molar refractivity (Wildman–Crippen MR) is 99.8 cm³/mol. The average Bonchev–Trinajstić information content (AvgIpc) is 2.83. The van der Waals surface area contributed by atoms with Crippen LogP contribution in [0.3, 0.4) is 0 Å². The fourth-order valence-corrected chi connectivity index (χ4v) is 1.71. The first-order chi connectivity index (χ1) is 19.1. The Balaban J connectivity index is 2.41. The van der Waals surface area contributed by atoms with E-state index in [0.717, 1.165) is 0 Å². The molecule has 2 aromatic rings. The highest BCUT2D eigenvalue weighted by Gasteiger charge is 2.07. The molecule has 0 heterocycles. The van der Waals surface area contributed by atoms with Crippen LogP contribution in [0, 0.1) is 6.92 Å². The fourth-order valence-electron chi connectivity index (χ4n) is 1.71. The van der Waals surface area contributed by atoms with E-state index in [4.69, 9.17) is 29.4 Å². The molecule has 0 aromatic heterocycles. The summed E-state index contributed by atoms with van der Waals surface area (Å²) >= 11 is 0. The number of hydrogen-bond donors (Lipinski definition) is 1. The van der Waals surface area contributed by atoms with Gasteiger partial charge < -0.3 is 19.3 Å². The van der Waals surface area contributed by atoms with Gasteiger partial charge in [-0.25, -0.2) is 0 Å². The molecular formula is C21H28O4. The molecule has 0 bridgehead atoms. The maximum absolute atomic E-state index is 10.6. The van der Waals surface area contributed by atoms with Gasteiger partial charge in [0.05, 0.1) is 42.1 Å². The number of hydrogen-bond acceptors (Lipinski definition) is 4. The van der Waals surface area contributed by atoms with Gasteiger partial charge in [0.2, 0.25) is 0 Å². The van der Waals surface area contributed by atoms with Crippen LogP contribution in [-0.2, 0) is 6.37 Å². The second kappa shape index (κ2) is 9.94. The third kappa shape index (κ3) is 6.31. The maximum Gasteiger partial charge on any atom is 0.160 e. The maximum atomic E-state index is 10.6. The van der Waals surface area contributed by atoms with E-state index in [1.165, 1.54) is 6.92 Å². The molecule has 1 N–H and O–H groups in total. The lowest BCUT2D eigenvalue weighted by atomic mass is 10.0. The van der Waals surface area contributed by atoms with Crippen molar-refractivity contribution in [1.82, 2.24) is 0 Å². The lowest BCUT2D eigenvalue weighted by Crippen LogP contribution is -2.17. The number of rotatable bonds is 10. The van der Waals surface area contributed by atoms with Crippen molar-refractivity contribution < 1.29 is 44.0 Å². The summed E-state index contributed by atoms with van der Waals surface area (Å²) < 4.78 is 155. The van der Waals surface area contributed by atoms with Crippen LogP contribution >= 0.6 is 0 Å². The van der Waals surface area contributed by atoms with E-state index in [9.17, 15) is 5.11 Å². The zero-order valence-corrected chi connectivity index (χ0v) is 13.3. The van der Waals surface area contributed by atoms with Crippen LogP contribution in [0.4, 0.5) is 0 Å². The minimum Gasteiger partial charge on any atom is -0.493 e. The minimum atomic E-state index is -3.34. The lowest BCUT2D eigenvalue weighted by Gasteiger charge is -2.13. The van der Waals surface area contributed by atoms with E-state index in [1.807, 2.05) is 0 Å². The monoisotopic (exact) mass is 362 g/mol. The van der Waals surface area contributed by atoms with Gasteiger partial charge in [0.1, 0.15) is 12.3 Å². The van der Waals surface area contributed by atoms with Gasteiger partial charge in [0, 0.05) is 2.74 Å². The topological polar surface area (TPSA) is 47.9 Å². The Morgan fingerprint density at radius 2 is 2.00 bits per heavy atom. The van der Waals surface area contributed by atoms with Crippen molar-refractivity contribution in [3.05, 3.63) is 53.4 Å². The molecule has 25 heavy (non-hydrogen) atoms. The summed E-state index contributed by atoms with van der Waals surface area (Å²) in [5.41, 5.74) is -1.01. The number of aliphatic hydroxyl groups is 1. The molecule has 0 aliphatic carbocycles. The summed E-state index contributed by atoms with van der Waals surface area (Å²) in [6.07, 6.45) is -8.08. The molecule has 1 unspecified atom stereocenters. The van der Waals surface area contributed by atoms with Gasteiger partial charge >= 0.3 is 0 Å². The van der Waals surface area contributed by atoms with E-state index in [-0.39, 0.29) is 5.56 Å². The molecule has 0 fully saturated rings. The Morgan fingerprint density at radius 1 is 1.16 bits per heavy atom. The van der Waals surface area contributed by atoms with Gasteiger partial charge in [-0.1, -0.05) is 24.5 Å². The van der Waals surface area contributed by atoms with Gasteiger partial charge in [0.15, 0.2) is 11.5 Å². The lowest BCUT2D eigenvalue weighted by molar-refractivity contribution is 0.0976. The van der Waals surface area contributed by atoms with Crippen LogP contribution in [0.25, 0.3) is 0 Å². The molecule has 2 aromatic carbocycles. The van der Waals surface area contributed by atoms with Crippen molar-refractivity contribution in [3.63, 3.8) is 0 Å². The number of benzene rings is 2. The zero-order valence-electron chi connectivity index (χ0n) is 31.3. The van der Waals surface area contributed by atoms with E-state index in [0.29, 0.717) is 0 Å². The Labute approximate surface area is 175 Å². The SMILES string of the molecule is [2H]c1c([2H])c(C)c([2H])c(OC([2H])([2H])C([2H])(O)CCCC([2H])([2H])c2c([2H])c([2H])c(OC([2H])([2H])[2H])c(OC([2H])([2H])[2H])c2[2H])c1[2H]. The smallest absolute Gasteiger partial charge is 0.160 e. The first-order valence-corrected chi connectivity index (χ1v) is 7.16. The Bertz CT molecular complexity index is 1340. The van der Waals surface area contributed by atoms with Crippen LogP contribution in [0.5, 0.6) is 17.2 Å². The van der Waals surface area contributed by atoms with Crippen molar-refractivity contribution in [2.45, 2.75) is 38.6 Å².